The lowest BCUT2D eigenvalue weighted by Gasteiger charge is -2.15. The number of pyridine rings is 1. The Morgan fingerprint density at radius 2 is 2.12 bits per heavy atom. The van der Waals surface area contributed by atoms with E-state index in [2.05, 4.69) is 10.3 Å². The predicted molar refractivity (Wildman–Crippen MR) is 64.5 cm³/mol. The van der Waals surface area contributed by atoms with E-state index in [-0.39, 0.29) is 11.8 Å². The van der Waals surface area contributed by atoms with Gasteiger partial charge in [0.1, 0.15) is 5.82 Å². The summed E-state index contributed by atoms with van der Waals surface area (Å²) in [6, 6.07) is 5.40. The van der Waals surface area contributed by atoms with Crippen LogP contribution in [0.15, 0.2) is 18.2 Å². The van der Waals surface area contributed by atoms with E-state index in [1.54, 1.807) is 6.07 Å². The average Bonchev–Trinajstić information content (AvgIpc) is 2.24. The number of nitrogens with zero attached hydrogens (tertiary/aromatic N) is 1. The van der Waals surface area contributed by atoms with Crippen molar-refractivity contribution >= 4 is 11.7 Å². The van der Waals surface area contributed by atoms with Crippen LogP contribution in [0.1, 0.15) is 26.5 Å². The predicted octanol–water partition coefficient (Wildman–Crippen LogP) is 1.57. The maximum atomic E-state index is 11.7. The van der Waals surface area contributed by atoms with Crippen LogP contribution in [0, 0.1) is 11.8 Å². The van der Waals surface area contributed by atoms with Gasteiger partial charge in [-0.25, -0.2) is 4.98 Å². The number of aromatic nitrogens is 1. The first-order chi connectivity index (χ1) is 7.50. The molecule has 1 atom stereocenters. The van der Waals surface area contributed by atoms with E-state index >= 15 is 0 Å². The van der Waals surface area contributed by atoms with Gasteiger partial charge in [-0.15, -0.1) is 0 Å². The highest BCUT2D eigenvalue weighted by Crippen LogP contribution is 2.09. The van der Waals surface area contributed by atoms with Gasteiger partial charge in [0.2, 0.25) is 5.91 Å². The second-order valence-corrected chi connectivity index (χ2v) is 4.30. The number of nitrogen functional groups attached to an aromatic ring is 1. The van der Waals surface area contributed by atoms with Crippen molar-refractivity contribution in [2.45, 2.75) is 27.3 Å². The molecule has 0 bridgehead atoms. The maximum Gasteiger partial charge on any atom is 0.223 e. The Bertz CT molecular complexity index is 363. The van der Waals surface area contributed by atoms with Gasteiger partial charge in [0.15, 0.2) is 0 Å². The fourth-order valence-corrected chi connectivity index (χ4v) is 1.24. The molecule has 88 valence electrons. The second kappa shape index (κ2) is 5.49. The SMILES string of the molecule is CC(C)C(C)C(=O)NCc1cccc(N)n1. The topological polar surface area (TPSA) is 68.0 Å². The third-order valence-corrected chi connectivity index (χ3v) is 2.69. The Balaban J connectivity index is 2.49. The van der Waals surface area contributed by atoms with Crippen LogP contribution < -0.4 is 11.1 Å². The average molecular weight is 221 g/mol. The van der Waals surface area contributed by atoms with E-state index in [4.69, 9.17) is 5.73 Å². The highest BCUT2D eigenvalue weighted by molar-refractivity contribution is 5.78. The lowest BCUT2D eigenvalue weighted by Crippen LogP contribution is -2.31. The van der Waals surface area contributed by atoms with Crippen molar-refractivity contribution in [1.29, 1.82) is 0 Å². The molecule has 0 spiro atoms. The van der Waals surface area contributed by atoms with Crippen LogP contribution in [0.3, 0.4) is 0 Å². The third kappa shape index (κ3) is 3.53. The number of hydrogen-bond donors (Lipinski definition) is 2. The van der Waals surface area contributed by atoms with E-state index in [1.807, 2.05) is 32.9 Å². The number of carbonyl (C=O) groups excluding carboxylic acids is 1. The minimum Gasteiger partial charge on any atom is -0.384 e. The Kier molecular flexibility index (Phi) is 4.28. The Morgan fingerprint density at radius 3 is 2.69 bits per heavy atom. The van der Waals surface area contributed by atoms with Gasteiger partial charge in [0.05, 0.1) is 12.2 Å². The van der Waals surface area contributed by atoms with Crippen LogP contribution in [-0.4, -0.2) is 10.9 Å². The molecule has 0 aliphatic carbocycles. The van der Waals surface area contributed by atoms with Crippen molar-refractivity contribution in [2.75, 3.05) is 5.73 Å². The summed E-state index contributed by atoms with van der Waals surface area (Å²) in [4.78, 5) is 15.8. The first kappa shape index (κ1) is 12.5. The van der Waals surface area contributed by atoms with Crippen molar-refractivity contribution in [3.05, 3.63) is 23.9 Å². The zero-order chi connectivity index (χ0) is 12.1. The summed E-state index contributed by atoms with van der Waals surface area (Å²) in [5.74, 6) is 0.887. The highest BCUT2D eigenvalue weighted by Gasteiger charge is 2.15. The van der Waals surface area contributed by atoms with Gasteiger partial charge < -0.3 is 11.1 Å². The molecule has 3 N–H and O–H groups in total. The van der Waals surface area contributed by atoms with Gasteiger partial charge in [-0.05, 0) is 18.1 Å². The normalized spacial score (nSPS) is 12.5. The first-order valence-electron chi connectivity index (χ1n) is 5.50. The summed E-state index contributed by atoms with van der Waals surface area (Å²) in [5.41, 5.74) is 6.33. The molecule has 0 saturated heterocycles. The first-order valence-corrected chi connectivity index (χ1v) is 5.50. The lowest BCUT2D eigenvalue weighted by molar-refractivity contribution is -0.125. The molecule has 0 aromatic carbocycles. The summed E-state index contributed by atoms with van der Waals surface area (Å²) in [5, 5.41) is 2.85. The van der Waals surface area contributed by atoms with E-state index in [1.165, 1.54) is 0 Å². The van der Waals surface area contributed by atoms with Crippen LogP contribution in [-0.2, 0) is 11.3 Å². The molecule has 1 amide bonds. The molecule has 0 aliphatic heterocycles. The number of amides is 1. The van der Waals surface area contributed by atoms with Crippen LogP contribution in [0.25, 0.3) is 0 Å². The Morgan fingerprint density at radius 1 is 1.44 bits per heavy atom. The summed E-state index contributed by atoms with van der Waals surface area (Å²) < 4.78 is 0. The number of nitrogens with one attached hydrogen (secondary N) is 1. The number of rotatable bonds is 4. The number of carbonyl (C=O) groups is 1. The van der Waals surface area contributed by atoms with Gasteiger partial charge in [-0.1, -0.05) is 26.8 Å². The zero-order valence-electron chi connectivity index (χ0n) is 10.0. The Hall–Kier alpha value is -1.58. The quantitative estimate of drug-likeness (QED) is 0.811. The molecule has 4 nitrogen and oxygen atoms in total. The molecule has 1 rings (SSSR count). The van der Waals surface area contributed by atoms with Crippen LogP contribution in [0.4, 0.5) is 5.82 Å². The maximum absolute atomic E-state index is 11.7. The largest absolute Gasteiger partial charge is 0.384 e. The van der Waals surface area contributed by atoms with Crippen molar-refractivity contribution in [3.8, 4) is 0 Å². The van der Waals surface area contributed by atoms with Gasteiger partial charge in [0, 0.05) is 5.92 Å². The van der Waals surface area contributed by atoms with Gasteiger partial charge >= 0.3 is 0 Å². The van der Waals surface area contributed by atoms with Crippen LogP contribution >= 0.6 is 0 Å². The van der Waals surface area contributed by atoms with Gasteiger partial charge in [-0.3, -0.25) is 4.79 Å². The minimum absolute atomic E-state index is 0.0149. The molecule has 0 aliphatic rings. The van der Waals surface area contributed by atoms with E-state index in [9.17, 15) is 4.79 Å². The number of anilines is 1. The molecule has 0 fully saturated rings. The number of nitrogens with two attached hydrogens (primary N) is 1. The van der Waals surface area contributed by atoms with Gasteiger partial charge in [-0.2, -0.15) is 0 Å². The molecule has 1 aromatic rings. The second-order valence-electron chi connectivity index (χ2n) is 4.30. The van der Waals surface area contributed by atoms with Crippen molar-refractivity contribution in [3.63, 3.8) is 0 Å². The van der Waals surface area contributed by atoms with E-state index < -0.39 is 0 Å². The summed E-state index contributed by atoms with van der Waals surface area (Å²) in [6.07, 6.45) is 0. The third-order valence-electron chi connectivity index (χ3n) is 2.69. The van der Waals surface area contributed by atoms with Crippen LogP contribution in [0.5, 0.6) is 0 Å². The summed E-state index contributed by atoms with van der Waals surface area (Å²) in [6.45, 7) is 6.42. The summed E-state index contributed by atoms with van der Waals surface area (Å²) >= 11 is 0. The lowest BCUT2D eigenvalue weighted by atomic mass is 9.97. The molecule has 0 saturated carbocycles. The molecule has 1 unspecified atom stereocenters. The fourth-order valence-electron chi connectivity index (χ4n) is 1.24. The highest BCUT2D eigenvalue weighted by atomic mass is 16.1. The van der Waals surface area contributed by atoms with Crippen molar-refractivity contribution in [2.24, 2.45) is 11.8 Å². The monoisotopic (exact) mass is 221 g/mol. The molecular formula is C12H19N3O. The zero-order valence-corrected chi connectivity index (χ0v) is 10.0. The van der Waals surface area contributed by atoms with E-state index in [0.29, 0.717) is 18.3 Å². The summed E-state index contributed by atoms with van der Waals surface area (Å²) in [7, 11) is 0. The molecule has 1 aromatic heterocycles. The van der Waals surface area contributed by atoms with Crippen molar-refractivity contribution in [1.82, 2.24) is 10.3 Å². The van der Waals surface area contributed by atoms with Crippen molar-refractivity contribution < 1.29 is 4.79 Å². The fraction of sp³-hybridized carbons (Fsp3) is 0.500. The van der Waals surface area contributed by atoms with Gasteiger partial charge in [0.25, 0.3) is 0 Å². The van der Waals surface area contributed by atoms with Crippen LogP contribution in [0.2, 0.25) is 0 Å². The van der Waals surface area contributed by atoms with E-state index in [0.717, 1.165) is 5.69 Å². The molecule has 4 heteroatoms. The molecule has 0 radical (unpaired) electrons. The molecular weight excluding hydrogens is 202 g/mol. The molecule has 1 heterocycles. The standard InChI is InChI=1S/C12H19N3O/c1-8(2)9(3)12(16)14-7-10-5-4-6-11(13)15-10/h4-6,8-9H,7H2,1-3H3,(H2,13,15)(H,14,16). The minimum atomic E-state index is 0.0149. The smallest absolute Gasteiger partial charge is 0.223 e. The number of hydrogen-bond acceptors (Lipinski definition) is 3. The molecule has 16 heavy (non-hydrogen) atoms. The Labute approximate surface area is 96.3 Å².